The third kappa shape index (κ3) is 3.49. The summed E-state index contributed by atoms with van der Waals surface area (Å²) in [4.78, 5) is 40.3. The number of nitrogens with one attached hydrogen (secondary N) is 1. The van der Waals surface area contributed by atoms with Crippen LogP contribution in [0, 0.1) is 0 Å². The Hall–Kier alpha value is -2.44. The van der Waals surface area contributed by atoms with Crippen molar-refractivity contribution in [3.8, 4) is 0 Å². The summed E-state index contributed by atoms with van der Waals surface area (Å²) in [7, 11) is 2.95. The highest BCUT2D eigenvalue weighted by molar-refractivity contribution is 5.96. The maximum absolute atomic E-state index is 12.2. The second-order valence-corrected chi connectivity index (χ2v) is 5.62. The van der Waals surface area contributed by atoms with E-state index in [0.717, 1.165) is 30.3 Å². The number of pyridine rings is 1. The van der Waals surface area contributed by atoms with Crippen molar-refractivity contribution >= 4 is 16.9 Å². The molecular weight excluding hydrogens is 296 g/mol. The monoisotopic (exact) mass is 318 g/mol. The highest BCUT2D eigenvalue weighted by atomic mass is 16.2. The van der Waals surface area contributed by atoms with E-state index in [9.17, 15) is 14.4 Å². The van der Waals surface area contributed by atoms with Gasteiger partial charge in [-0.15, -0.1) is 0 Å². The van der Waals surface area contributed by atoms with Crippen LogP contribution in [0.3, 0.4) is 0 Å². The van der Waals surface area contributed by atoms with Gasteiger partial charge in [0.2, 0.25) is 0 Å². The standard InChI is InChI=1S/C16H22N4O3/c1-4-5-6-7-8-17-14(21)11-9-12-13(18-10-11)19(2)16(23)20(3)15(12)22/h9-10H,4-8H2,1-3H3,(H,17,21). The van der Waals surface area contributed by atoms with Crippen LogP contribution >= 0.6 is 0 Å². The first-order valence-corrected chi connectivity index (χ1v) is 7.81. The molecule has 124 valence electrons. The molecule has 2 rings (SSSR count). The van der Waals surface area contributed by atoms with Crippen molar-refractivity contribution < 1.29 is 4.79 Å². The number of hydrogen-bond acceptors (Lipinski definition) is 4. The number of carbonyl (C=O) groups excluding carboxylic acids is 1. The largest absolute Gasteiger partial charge is 0.352 e. The molecule has 2 aromatic rings. The Labute approximate surface area is 134 Å². The van der Waals surface area contributed by atoms with Gasteiger partial charge in [-0.3, -0.25) is 18.7 Å². The molecule has 0 aliphatic rings. The van der Waals surface area contributed by atoms with Gasteiger partial charge in [-0.05, 0) is 12.5 Å². The number of amides is 1. The lowest BCUT2D eigenvalue weighted by Gasteiger charge is -2.08. The first kappa shape index (κ1) is 16.9. The lowest BCUT2D eigenvalue weighted by atomic mass is 10.2. The van der Waals surface area contributed by atoms with Crippen molar-refractivity contribution in [2.45, 2.75) is 32.6 Å². The third-order valence-electron chi connectivity index (χ3n) is 3.87. The Morgan fingerprint density at radius 1 is 1.17 bits per heavy atom. The Morgan fingerprint density at radius 2 is 1.91 bits per heavy atom. The molecule has 0 radical (unpaired) electrons. The van der Waals surface area contributed by atoms with Crippen LogP contribution in [0.25, 0.3) is 11.0 Å². The van der Waals surface area contributed by atoms with Crippen LogP contribution in [0.4, 0.5) is 0 Å². The van der Waals surface area contributed by atoms with Crippen LogP contribution in [0.1, 0.15) is 43.0 Å². The molecule has 0 aromatic carbocycles. The van der Waals surface area contributed by atoms with Crippen molar-refractivity contribution in [3.05, 3.63) is 38.7 Å². The summed E-state index contributed by atoms with van der Waals surface area (Å²) in [5.41, 5.74) is -0.294. The molecule has 2 heterocycles. The molecule has 0 unspecified atom stereocenters. The summed E-state index contributed by atoms with van der Waals surface area (Å²) in [6, 6.07) is 1.49. The minimum atomic E-state index is -0.451. The van der Waals surface area contributed by atoms with Crippen molar-refractivity contribution in [2.24, 2.45) is 14.1 Å². The quantitative estimate of drug-likeness (QED) is 0.803. The van der Waals surface area contributed by atoms with Gasteiger partial charge >= 0.3 is 5.69 Å². The van der Waals surface area contributed by atoms with E-state index in [1.165, 1.54) is 23.9 Å². The van der Waals surface area contributed by atoms with Crippen LogP contribution in [-0.2, 0) is 14.1 Å². The van der Waals surface area contributed by atoms with Gasteiger partial charge in [0.15, 0.2) is 0 Å². The molecule has 23 heavy (non-hydrogen) atoms. The number of unbranched alkanes of at least 4 members (excludes halogenated alkanes) is 3. The molecule has 0 spiro atoms. The molecule has 1 amide bonds. The molecule has 7 nitrogen and oxygen atoms in total. The van der Waals surface area contributed by atoms with E-state index < -0.39 is 11.2 Å². The predicted octanol–water partition coefficient (Wildman–Crippen LogP) is 0.942. The van der Waals surface area contributed by atoms with E-state index in [0.29, 0.717) is 12.1 Å². The first-order chi connectivity index (χ1) is 11.0. The second-order valence-electron chi connectivity index (χ2n) is 5.62. The van der Waals surface area contributed by atoms with Gasteiger partial charge < -0.3 is 5.32 Å². The normalized spacial score (nSPS) is 10.9. The zero-order chi connectivity index (χ0) is 17.0. The molecule has 0 aliphatic heterocycles. The summed E-state index contributed by atoms with van der Waals surface area (Å²) in [6.07, 6.45) is 5.69. The van der Waals surface area contributed by atoms with Crippen LogP contribution in [0.5, 0.6) is 0 Å². The summed E-state index contributed by atoms with van der Waals surface area (Å²) in [5, 5.41) is 3.08. The Kier molecular flexibility index (Phi) is 5.31. The Balaban J connectivity index is 2.25. The lowest BCUT2D eigenvalue weighted by Crippen LogP contribution is -2.37. The molecule has 2 aromatic heterocycles. The lowest BCUT2D eigenvalue weighted by molar-refractivity contribution is 0.0952. The summed E-state index contributed by atoms with van der Waals surface area (Å²) in [6.45, 7) is 2.73. The number of aromatic nitrogens is 3. The molecule has 7 heteroatoms. The molecule has 0 saturated heterocycles. The van der Waals surface area contributed by atoms with Crippen LogP contribution < -0.4 is 16.6 Å². The van der Waals surface area contributed by atoms with Gasteiger partial charge in [0.05, 0.1) is 10.9 Å². The zero-order valence-electron chi connectivity index (χ0n) is 13.8. The number of hydrogen-bond donors (Lipinski definition) is 1. The fourth-order valence-corrected chi connectivity index (χ4v) is 2.45. The smallest absolute Gasteiger partial charge is 0.332 e. The van der Waals surface area contributed by atoms with Crippen LogP contribution in [-0.4, -0.2) is 26.6 Å². The summed E-state index contributed by atoms with van der Waals surface area (Å²) in [5.74, 6) is -0.258. The van der Waals surface area contributed by atoms with Gasteiger partial charge in [0.1, 0.15) is 5.65 Å². The minimum Gasteiger partial charge on any atom is -0.352 e. The van der Waals surface area contributed by atoms with Gasteiger partial charge in [-0.2, -0.15) is 0 Å². The van der Waals surface area contributed by atoms with Gasteiger partial charge in [-0.25, -0.2) is 9.78 Å². The average Bonchev–Trinajstić information content (AvgIpc) is 2.57. The minimum absolute atomic E-state index is 0.258. The van der Waals surface area contributed by atoms with E-state index in [4.69, 9.17) is 0 Å². The van der Waals surface area contributed by atoms with E-state index in [1.807, 2.05) is 0 Å². The Bertz CT molecular complexity index is 836. The molecule has 0 aliphatic carbocycles. The number of aryl methyl sites for hydroxylation is 1. The number of rotatable bonds is 6. The van der Waals surface area contributed by atoms with Gasteiger partial charge in [0.25, 0.3) is 11.5 Å². The fraction of sp³-hybridized carbons (Fsp3) is 0.500. The van der Waals surface area contributed by atoms with E-state index in [-0.39, 0.29) is 16.9 Å². The van der Waals surface area contributed by atoms with Gasteiger partial charge in [-0.1, -0.05) is 26.2 Å². The SMILES string of the molecule is CCCCCCNC(=O)c1cnc2c(c1)c(=O)n(C)c(=O)n2C. The summed E-state index contributed by atoms with van der Waals surface area (Å²) < 4.78 is 2.31. The van der Waals surface area contributed by atoms with E-state index in [2.05, 4.69) is 17.2 Å². The highest BCUT2D eigenvalue weighted by Gasteiger charge is 2.13. The van der Waals surface area contributed by atoms with Gasteiger partial charge in [0, 0.05) is 26.8 Å². The number of carbonyl (C=O) groups is 1. The highest BCUT2D eigenvalue weighted by Crippen LogP contribution is 2.07. The van der Waals surface area contributed by atoms with Crippen LogP contribution in [0.2, 0.25) is 0 Å². The van der Waals surface area contributed by atoms with Crippen molar-refractivity contribution in [2.75, 3.05) is 6.54 Å². The van der Waals surface area contributed by atoms with Crippen LogP contribution in [0.15, 0.2) is 21.9 Å². The number of fused-ring (bicyclic) bond motifs is 1. The topological polar surface area (TPSA) is 86.0 Å². The van der Waals surface area contributed by atoms with Crippen molar-refractivity contribution in [1.29, 1.82) is 0 Å². The van der Waals surface area contributed by atoms with Crippen molar-refractivity contribution in [1.82, 2.24) is 19.4 Å². The Morgan fingerprint density at radius 3 is 2.61 bits per heavy atom. The second kappa shape index (κ2) is 7.21. The molecule has 0 fully saturated rings. The van der Waals surface area contributed by atoms with E-state index in [1.54, 1.807) is 7.05 Å². The molecule has 1 N–H and O–H groups in total. The molecular formula is C16H22N4O3. The zero-order valence-corrected chi connectivity index (χ0v) is 13.8. The first-order valence-electron chi connectivity index (χ1n) is 7.81. The van der Waals surface area contributed by atoms with E-state index >= 15 is 0 Å². The molecule has 0 saturated carbocycles. The molecule has 0 atom stereocenters. The average molecular weight is 318 g/mol. The summed E-state index contributed by atoms with van der Waals surface area (Å²) >= 11 is 0. The third-order valence-corrected chi connectivity index (χ3v) is 3.87. The maximum atomic E-state index is 12.2. The number of nitrogens with zero attached hydrogens (tertiary/aromatic N) is 3. The fourth-order valence-electron chi connectivity index (χ4n) is 2.45. The predicted molar refractivity (Wildman–Crippen MR) is 88.7 cm³/mol. The van der Waals surface area contributed by atoms with Crippen molar-refractivity contribution in [3.63, 3.8) is 0 Å². The molecule has 0 bridgehead atoms. The maximum Gasteiger partial charge on any atom is 0.332 e.